The van der Waals surface area contributed by atoms with Crippen molar-refractivity contribution in [2.75, 3.05) is 39.7 Å². The van der Waals surface area contributed by atoms with Crippen molar-refractivity contribution in [3.63, 3.8) is 0 Å². The lowest BCUT2D eigenvalue weighted by atomic mass is 9.61. The van der Waals surface area contributed by atoms with Gasteiger partial charge in [0.25, 0.3) is 5.56 Å². The van der Waals surface area contributed by atoms with E-state index < -0.39 is 12.1 Å². The number of halogens is 4. The first-order chi connectivity index (χ1) is 17.9. The van der Waals surface area contributed by atoms with Crippen LogP contribution in [0.1, 0.15) is 18.9 Å². The van der Waals surface area contributed by atoms with Crippen molar-refractivity contribution >= 4 is 34.6 Å². The summed E-state index contributed by atoms with van der Waals surface area (Å²) in [4.78, 5) is 31.2. The van der Waals surface area contributed by atoms with Crippen LogP contribution in [0.25, 0.3) is 22.3 Å². The van der Waals surface area contributed by atoms with Crippen molar-refractivity contribution in [2.24, 2.45) is 5.41 Å². The number of alkyl halides is 3. The fraction of sp³-hybridized carbons (Fsp3) is 0.417. The summed E-state index contributed by atoms with van der Waals surface area (Å²) in [6.07, 6.45) is -3.14. The zero-order valence-corrected chi connectivity index (χ0v) is 21.4. The number of hydrogen-bond donors (Lipinski definition) is 3. The molecule has 1 aromatic carbocycles. The number of hydrogen-bond acceptors (Lipinski definition) is 8. The molecule has 0 unspecified atom stereocenters. The molecule has 3 N–H and O–H groups in total. The van der Waals surface area contributed by atoms with E-state index in [-0.39, 0.29) is 11.6 Å². The number of aliphatic carboxylic acids is 1. The van der Waals surface area contributed by atoms with Gasteiger partial charge in [-0.1, -0.05) is 11.6 Å². The van der Waals surface area contributed by atoms with Gasteiger partial charge in [-0.2, -0.15) is 18.2 Å². The van der Waals surface area contributed by atoms with Gasteiger partial charge in [-0.15, -0.1) is 0 Å². The number of carboxylic acid groups (broad SMARTS) is 1. The molecule has 3 heterocycles. The second-order valence-corrected chi connectivity index (χ2v) is 9.46. The fourth-order valence-electron chi connectivity index (χ4n) is 4.70. The van der Waals surface area contributed by atoms with E-state index in [9.17, 15) is 18.0 Å². The smallest absolute Gasteiger partial charge is 0.490 e. The Morgan fingerprint density at radius 2 is 1.87 bits per heavy atom. The van der Waals surface area contributed by atoms with E-state index >= 15 is 0 Å². The second kappa shape index (κ2) is 10.3. The number of anilines is 1. The van der Waals surface area contributed by atoms with Crippen LogP contribution in [0.5, 0.6) is 11.5 Å². The quantitative estimate of drug-likeness (QED) is 0.431. The van der Waals surface area contributed by atoms with Crippen molar-refractivity contribution in [3.8, 4) is 22.8 Å². The SMILES string of the molecule is CNc1nc(-c2cc(OC)cc(OC)c2Cl)c2ccc(=O)n(C3CC4(CNC4)C3)c2n1.O=C(O)C(F)(F)F. The number of pyridine rings is 1. The van der Waals surface area contributed by atoms with Gasteiger partial charge in [-0.25, -0.2) is 9.78 Å². The molecule has 0 bridgehead atoms. The van der Waals surface area contributed by atoms with Crippen LogP contribution in [0, 0.1) is 5.41 Å². The molecule has 2 aromatic heterocycles. The predicted octanol–water partition coefficient (Wildman–Crippen LogP) is 3.73. The fourth-order valence-corrected chi connectivity index (χ4v) is 4.98. The van der Waals surface area contributed by atoms with E-state index in [0.717, 1.165) is 31.3 Å². The summed E-state index contributed by atoms with van der Waals surface area (Å²) in [5.41, 5.74) is 2.15. The van der Waals surface area contributed by atoms with E-state index in [1.807, 2.05) is 10.6 Å². The van der Waals surface area contributed by atoms with E-state index in [2.05, 4.69) is 20.6 Å². The van der Waals surface area contributed by atoms with E-state index in [0.29, 0.717) is 44.8 Å². The van der Waals surface area contributed by atoms with Crippen LogP contribution in [-0.4, -0.2) is 66.1 Å². The number of nitrogens with zero attached hydrogens (tertiary/aromatic N) is 3. The van der Waals surface area contributed by atoms with Gasteiger partial charge in [0.2, 0.25) is 5.95 Å². The molecule has 5 rings (SSSR count). The topological polar surface area (TPSA) is 128 Å². The van der Waals surface area contributed by atoms with Crippen molar-refractivity contribution in [1.29, 1.82) is 0 Å². The van der Waals surface area contributed by atoms with Gasteiger partial charge in [0.05, 0.1) is 24.9 Å². The minimum absolute atomic E-state index is 0.0549. The molecule has 10 nitrogen and oxygen atoms in total. The Labute approximate surface area is 219 Å². The van der Waals surface area contributed by atoms with Gasteiger partial charge in [-0.05, 0) is 30.4 Å². The lowest BCUT2D eigenvalue weighted by molar-refractivity contribution is -0.192. The molecular weight excluding hydrogens is 531 g/mol. The Kier molecular flexibility index (Phi) is 7.44. The van der Waals surface area contributed by atoms with Gasteiger partial charge in [-0.3, -0.25) is 9.36 Å². The van der Waals surface area contributed by atoms with Crippen LogP contribution in [0.3, 0.4) is 0 Å². The molecule has 14 heteroatoms. The van der Waals surface area contributed by atoms with Crippen molar-refractivity contribution in [1.82, 2.24) is 19.9 Å². The van der Waals surface area contributed by atoms with Crippen LogP contribution in [0.15, 0.2) is 29.1 Å². The second-order valence-electron chi connectivity index (χ2n) is 9.08. The molecule has 2 fully saturated rings. The first kappa shape index (κ1) is 27.5. The highest BCUT2D eigenvalue weighted by Gasteiger charge is 2.49. The maximum atomic E-state index is 12.9. The Bertz CT molecular complexity index is 1430. The average Bonchev–Trinajstić information content (AvgIpc) is 2.82. The number of fused-ring (bicyclic) bond motifs is 1. The highest BCUT2D eigenvalue weighted by atomic mass is 35.5. The molecule has 0 radical (unpaired) electrons. The van der Waals surface area contributed by atoms with Gasteiger partial charge < -0.3 is 25.2 Å². The number of aromatic nitrogens is 3. The van der Waals surface area contributed by atoms with Crippen LogP contribution in [-0.2, 0) is 4.79 Å². The third-order valence-corrected chi connectivity index (χ3v) is 7.07. The Hall–Kier alpha value is -3.58. The molecule has 2 aliphatic rings. The number of ether oxygens (including phenoxy) is 2. The summed E-state index contributed by atoms with van der Waals surface area (Å²) in [5, 5.41) is 14.7. The predicted molar refractivity (Wildman–Crippen MR) is 134 cm³/mol. The molecular formula is C24H25ClF3N5O5. The molecule has 204 valence electrons. The van der Waals surface area contributed by atoms with Crippen LogP contribution in [0.2, 0.25) is 5.02 Å². The largest absolute Gasteiger partial charge is 0.497 e. The Balaban J connectivity index is 0.000000426. The Morgan fingerprint density at radius 3 is 2.37 bits per heavy atom. The van der Waals surface area contributed by atoms with Crippen molar-refractivity contribution in [3.05, 3.63) is 39.6 Å². The minimum atomic E-state index is -5.08. The average molecular weight is 556 g/mol. The first-order valence-corrected chi connectivity index (χ1v) is 11.8. The highest BCUT2D eigenvalue weighted by Crippen LogP contribution is 2.51. The van der Waals surface area contributed by atoms with E-state index in [1.165, 1.54) is 0 Å². The third-order valence-electron chi connectivity index (χ3n) is 6.68. The highest BCUT2D eigenvalue weighted by molar-refractivity contribution is 6.35. The standard InChI is InChI=1S/C22H24ClN5O3.C2HF3O2/c1-24-21-26-19(15-6-13(30-2)7-16(31-3)18(15)23)14-4-5-17(29)28(20(14)27-21)12-8-22(9-12)10-25-11-22;3-2(4,5)1(6)7/h4-7,12,25H,8-11H2,1-3H3,(H,24,26,27);(H,6,7). The lowest BCUT2D eigenvalue weighted by Crippen LogP contribution is -2.61. The summed E-state index contributed by atoms with van der Waals surface area (Å²) < 4.78 is 44.4. The number of rotatable bonds is 5. The van der Waals surface area contributed by atoms with Gasteiger partial charge in [0.15, 0.2) is 0 Å². The summed E-state index contributed by atoms with van der Waals surface area (Å²) in [7, 11) is 4.90. The number of nitrogens with one attached hydrogen (secondary N) is 2. The molecule has 1 saturated carbocycles. The molecule has 0 amide bonds. The zero-order chi connectivity index (χ0) is 27.8. The van der Waals surface area contributed by atoms with Crippen LogP contribution < -0.4 is 25.7 Å². The summed E-state index contributed by atoms with van der Waals surface area (Å²) in [6, 6.07) is 7.03. The zero-order valence-electron chi connectivity index (χ0n) is 20.6. The minimum Gasteiger partial charge on any atom is -0.497 e. The monoisotopic (exact) mass is 555 g/mol. The molecule has 1 aliphatic carbocycles. The number of benzene rings is 1. The number of carbonyl (C=O) groups is 1. The Morgan fingerprint density at radius 1 is 1.21 bits per heavy atom. The van der Waals surface area contributed by atoms with Gasteiger partial charge in [0.1, 0.15) is 17.1 Å². The van der Waals surface area contributed by atoms with Crippen LogP contribution in [0.4, 0.5) is 19.1 Å². The molecule has 1 aliphatic heterocycles. The van der Waals surface area contributed by atoms with Gasteiger partial charge >= 0.3 is 12.1 Å². The maximum Gasteiger partial charge on any atom is 0.490 e. The van der Waals surface area contributed by atoms with Gasteiger partial charge in [0, 0.05) is 49.3 Å². The van der Waals surface area contributed by atoms with Crippen molar-refractivity contribution < 1.29 is 32.5 Å². The van der Waals surface area contributed by atoms with Crippen molar-refractivity contribution in [2.45, 2.75) is 25.1 Å². The van der Waals surface area contributed by atoms with E-state index in [1.54, 1.807) is 39.5 Å². The molecule has 1 saturated heterocycles. The number of methoxy groups -OCH3 is 2. The normalized spacial score (nSPS) is 16.2. The molecule has 0 atom stereocenters. The maximum absolute atomic E-state index is 12.9. The molecule has 38 heavy (non-hydrogen) atoms. The first-order valence-electron chi connectivity index (χ1n) is 11.5. The molecule has 1 spiro atoms. The summed E-state index contributed by atoms with van der Waals surface area (Å²) in [6.45, 7) is 2.04. The summed E-state index contributed by atoms with van der Waals surface area (Å²) in [5.74, 6) is -1.26. The lowest BCUT2D eigenvalue weighted by Gasteiger charge is -2.54. The molecule has 3 aromatic rings. The van der Waals surface area contributed by atoms with E-state index in [4.69, 9.17) is 31.0 Å². The number of carboxylic acids is 1. The third kappa shape index (κ3) is 5.07. The van der Waals surface area contributed by atoms with Crippen LogP contribution >= 0.6 is 11.6 Å². The summed E-state index contributed by atoms with van der Waals surface area (Å²) >= 11 is 6.67.